The van der Waals surface area contributed by atoms with Crippen LogP contribution in [0.3, 0.4) is 0 Å². The van der Waals surface area contributed by atoms with Crippen molar-refractivity contribution in [2.45, 2.75) is 31.8 Å². The first kappa shape index (κ1) is 19.0. The summed E-state index contributed by atoms with van der Waals surface area (Å²) in [5.41, 5.74) is 2.80. The molecule has 0 saturated carbocycles. The van der Waals surface area contributed by atoms with Crippen molar-refractivity contribution in [1.82, 2.24) is 20.0 Å². The number of likely N-dealkylation sites (tertiary alicyclic amines) is 1. The van der Waals surface area contributed by atoms with Gasteiger partial charge in [-0.05, 0) is 43.1 Å². The van der Waals surface area contributed by atoms with E-state index in [4.69, 9.17) is 9.47 Å². The van der Waals surface area contributed by atoms with Gasteiger partial charge in [0.05, 0.1) is 32.1 Å². The van der Waals surface area contributed by atoms with Crippen LogP contribution in [-0.2, 0) is 11.3 Å². The Bertz CT molecular complexity index is 783. The second kappa shape index (κ2) is 8.75. The highest BCUT2D eigenvalue weighted by Gasteiger charge is 2.28. The zero-order chi connectivity index (χ0) is 19.3. The third-order valence-corrected chi connectivity index (χ3v) is 5.63. The summed E-state index contributed by atoms with van der Waals surface area (Å²) in [7, 11) is 1.68. The van der Waals surface area contributed by atoms with Crippen LogP contribution in [0, 0.1) is 0 Å². The molecular formula is C21H28N4O3. The Hall–Kier alpha value is -2.38. The molecule has 4 rings (SSSR count). The van der Waals surface area contributed by atoms with E-state index in [2.05, 4.69) is 27.2 Å². The predicted octanol–water partition coefficient (Wildman–Crippen LogP) is 2.62. The Balaban J connectivity index is 1.46. The van der Waals surface area contributed by atoms with Crippen LogP contribution in [0.25, 0.3) is 0 Å². The Morgan fingerprint density at radius 3 is 2.75 bits per heavy atom. The molecule has 2 saturated heterocycles. The second-order valence-corrected chi connectivity index (χ2v) is 7.44. The van der Waals surface area contributed by atoms with Crippen LogP contribution in [0.15, 0.2) is 30.3 Å². The Kier molecular flexibility index (Phi) is 5.92. The average molecular weight is 384 g/mol. The summed E-state index contributed by atoms with van der Waals surface area (Å²) >= 11 is 0. The van der Waals surface area contributed by atoms with E-state index < -0.39 is 0 Å². The van der Waals surface area contributed by atoms with E-state index in [1.807, 2.05) is 23.1 Å². The topological polar surface area (TPSA) is 70.7 Å². The van der Waals surface area contributed by atoms with Gasteiger partial charge in [-0.25, -0.2) is 0 Å². The van der Waals surface area contributed by atoms with Gasteiger partial charge in [-0.2, -0.15) is 5.10 Å². The lowest BCUT2D eigenvalue weighted by Gasteiger charge is -2.35. The minimum absolute atomic E-state index is 0.0108. The van der Waals surface area contributed by atoms with Crippen LogP contribution in [0.5, 0.6) is 5.75 Å². The third-order valence-electron chi connectivity index (χ3n) is 5.63. The second-order valence-electron chi connectivity index (χ2n) is 7.44. The molecule has 1 aromatic heterocycles. The number of carbonyl (C=O) groups is 1. The Morgan fingerprint density at radius 2 is 2.00 bits per heavy atom. The molecule has 0 radical (unpaired) electrons. The number of amides is 1. The number of carbonyl (C=O) groups excluding carboxylic acids is 1. The number of rotatable bonds is 5. The minimum Gasteiger partial charge on any atom is -0.497 e. The molecule has 2 aliphatic heterocycles. The van der Waals surface area contributed by atoms with Gasteiger partial charge in [0.2, 0.25) is 0 Å². The molecule has 3 heterocycles. The fourth-order valence-corrected chi connectivity index (χ4v) is 4.04. The van der Waals surface area contributed by atoms with Gasteiger partial charge in [-0.3, -0.25) is 14.8 Å². The van der Waals surface area contributed by atoms with Crippen molar-refractivity contribution in [2.75, 3.05) is 40.0 Å². The lowest BCUT2D eigenvalue weighted by atomic mass is 9.98. The monoisotopic (exact) mass is 384 g/mol. The minimum atomic E-state index is -0.0108. The molecule has 2 aromatic rings. The first-order valence-electron chi connectivity index (χ1n) is 10.0. The standard InChI is InChI=1S/C21H28N4O3/c1-27-17-7-5-16(6-8-17)15-25-9-3-2-4-20(25)18-14-19(23-22-18)21(26)24-10-12-28-13-11-24/h5-8,14,20H,2-4,9-13,15H2,1H3,(H,22,23)/t20-/m1/s1. The number of nitrogens with zero attached hydrogens (tertiary/aromatic N) is 3. The highest BCUT2D eigenvalue weighted by molar-refractivity contribution is 5.92. The molecule has 7 heteroatoms. The molecule has 0 spiro atoms. The van der Waals surface area contributed by atoms with Gasteiger partial charge in [-0.15, -0.1) is 0 Å². The largest absolute Gasteiger partial charge is 0.497 e. The summed E-state index contributed by atoms with van der Waals surface area (Å²) in [6.07, 6.45) is 3.46. The zero-order valence-corrected chi connectivity index (χ0v) is 16.4. The number of hydrogen-bond donors (Lipinski definition) is 1. The molecule has 0 bridgehead atoms. The number of ether oxygens (including phenoxy) is 2. The van der Waals surface area contributed by atoms with Gasteiger partial charge >= 0.3 is 0 Å². The number of piperidine rings is 1. The number of benzene rings is 1. The molecule has 150 valence electrons. The van der Waals surface area contributed by atoms with Gasteiger partial charge in [-0.1, -0.05) is 18.6 Å². The molecule has 1 atom stereocenters. The first-order valence-corrected chi connectivity index (χ1v) is 10.0. The van der Waals surface area contributed by atoms with Gasteiger partial charge < -0.3 is 14.4 Å². The molecule has 0 unspecified atom stereocenters. The smallest absolute Gasteiger partial charge is 0.274 e. The highest BCUT2D eigenvalue weighted by Crippen LogP contribution is 2.31. The number of aromatic amines is 1. The van der Waals surface area contributed by atoms with Crippen LogP contribution in [0.2, 0.25) is 0 Å². The predicted molar refractivity (Wildman–Crippen MR) is 105 cm³/mol. The van der Waals surface area contributed by atoms with Crippen molar-refractivity contribution in [2.24, 2.45) is 0 Å². The van der Waals surface area contributed by atoms with Crippen molar-refractivity contribution in [3.63, 3.8) is 0 Å². The molecule has 1 amide bonds. The van der Waals surface area contributed by atoms with Gasteiger partial charge in [0, 0.05) is 19.6 Å². The molecule has 7 nitrogen and oxygen atoms in total. The maximum absolute atomic E-state index is 12.7. The van der Waals surface area contributed by atoms with Gasteiger partial charge in [0.1, 0.15) is 11.4 Å². The Labute approximate surface area is 165 Å². The quantitative estimate of drug-likeness (QED) is 0.858. The number of methoxy groups -OCH3 is 1. The van der Waals surface area contributed by atoms with Crippen LogP contribution in [0.4, 0.5) is 0 Å². The van der Waals surface area contributed by atoms with Gasteiger partial charge in [0.25, 0.3) is 5.91 Å². The van der Waals surface area contributed by atoms with E-state index in [9.17, 15) is 4.79 Å². The maximum atomic E-state index is 12.7. The zero-order valence-electron chi connectivity index (χ0n) is 16.4. The van der Waals surface area contributed by atoms with Crippen LogP contribution in [0.1, 0.15) is 47.1 Å². The van der Waals surface area contributed by atoms with Gasteiger partial charge in [0.15, 0.2) is 0 Å². The number of aromatic nitrogens is 2. The van der Waals surface area contributed by atoms with E-state index in [1.54, 1.807) is 7.11 Å². The van der Waals surface area contributed by atoms with Crippen molar-refractivity contribution in [1.29, 1.82) is 0 Å². The molecule has 2 aliphatic rings. The summed E-state index contributed by atoms with van der Waals surface area (Å²) in [5.74, 6) is 0.863. The third kappa shape index (κ3) is 4.20. The van der Waals surface area contributed by atoms with Crippen LogP contribution < -0.4 is 4.74 Å². The number of hydrogen-bond acceptors (Lipinski definition) is 5. The number of nitrogens with one attached hydrogen (secondary N) is 1. The fraction of sp³-hybridized carbons (Fsp3) is 0.524. The van der Waals surface area contributed by atoms with Crippen molar-refractivity contribution in [3.05, 3.63) is 47.3 Å². The molecule has 2 fully saturated rings. The van der Waals surface area contributed by atoms with Crippen LogP contribution >= 0.6 is 0 Å². The summed E-state index contributed by atoms with van der Waals surface area (Å²) in [6.45, 7) is 4.38. The number of H-pyrrole nitrogens is 1. The van der Waals surface area contributed by atoms with Crippen molar-refractivity contribution >= 4 is 5.91 Å². The van der Waals surface area contributed by atoms with E-state index >= 15 is 0 Å². The Morgan fingerprint density at radius 1 is 1.21 bits per heavy atom. The first-order chi connectivity index (χ1) is 13.7. The summed E-state index contributed by atoms with van der Waals surface area (Å²) in [6, 6.07) is 10.4. The van der Waals surface area contributed by atoms with E-state index in [0.717, 1.165) is 31.0 Å². The number of morpholine rings is 1. The average Bonchev–Trinajstić information content (AvgIpc) is 3.25. The molecule has 1 N–H and O–H groups in total. The van der Waals surface area contributed by atoms with Crippen molar-refractivity contribution < 1.29 is 14.3 Å². The van der Waals surface area contributed by atoms with Crippen LogP contribution in [-0.4, -0.2) is 65.9 Å². The lowest BCUT2D eigenvalue weighted by molar-refractivity contribution is 0.0299. The summed E-state index contributed by atoms with van der Waals surface area (Å²) in [4.78, 5) is 17.0. The highest BCUT2D eigenvalue weighted by atomic mass is 16.5. The van der Waals surface area contributed by atoms with Crippen molar-refractivity contribution in [3.8, 4) is 5.75 Å². The molecule has 28 heavy (non-hydrogen) atoms. The molecule has 1 aromatic carbocycles. The van der Waals surface area contributed by atoms with E-state index in [1.165, 1.54) is 18.4 Å². The SMILES string of the molecule is COc1ccc(CN2CCCC[C@@H]2c2cc(C(=O)N3CCOCC3)n[nH]2)cc1. The molecular weight excluding hydrogens is 356 g/mol. The summed E-state index contributed by atoms with van der Waals surface area (Å²) in [5, 5.41) is 7.47. The fourth-order valence-electron chi connectivity index (χ4n) is 4.04. The molecule has 0 aliphatic carbocycles. The van der Waals surface area contributed by atoms with E-state index in [-0.39, 0.29) is 11.9 Å². The lowest BCUT2D eigenvalue weighted by Crippen LogP contribution is -2.40. The normalized spacial score (nSPS) is 20.9. The van der Waals surface area contributed by atoms with E-state index in [0.29, 0.717) is 32.0 Å². The summed E-state index contributed by atoms with van der Waals surface area (Å²) < 4.78 is 10.6. The maximum Gasteiger partial charge on any atom is 0.274 e.